The van der Waals surface area contributed by atoms with E-state index in [4.69, 9.17) is 0 Å². The van der Waals surface area contributed by atoms with Gasteiger partial charge in [-0.1, -0.05) is 84.9 Å². The minimum Gasteiger partial charge on any atom is -0.280 e. The molecule has 0 aliphatic carbocycles. The fraction of sp³-hybridized carbons (Fsp3) is 0.0417. The van der Waals surface area contributed by atoms with Gasteiger partial charge in [0.2, 0.25) is 5.91 Å². The molecule has 0 saturated heterocycles. The average molecular weight is 337 g/mol. The van der Waals surface area contributed by atoms with E-state index in [0.717, 1.165) is 27.7 Å². The number of hydrogen-bond acceptors (Lipinski definition) is 1. The van der Waals surface area contributed by atoms with E-state index in [1.807, 2.05) is 89.8 Å². The summed E-state index contributed by atoms with van der Waals surface area (Å²) in [5.41, 5.74) is 2.80. The minimum atomic E-state index is 0.0544. The zero-order valence-electron chi connectivity index (χ0n) is 14.4. The van der Waals surface area contributed by atoms with Crippen LogP contribution in [0.1, 0.15) is 5.56 Å². The van der Waals surface area contributed by atoms with Crippen molar-refractivity contribution in [2.75, 3.05) is 4.90 Å². The Balaban J connectivity index is 1.82. The smallest absolute Gasteiger partial charge is 0.235 e. The van der Waals surface area contributed by atoms with Gasteiger partial charge in [0.25, 0.3) is 0 Å². The molecule has 0 atom stereocenters. The molecule has 0 radical (unpaired) electrons. The van der Waals surface area contributed by atoms with Crippen LogP contribution in [0.4, 0.5) is 11.4 Å². The lowest BCUT2D eigenvalue weighted by atomic mass is 10.1. The van der Waals surface area contributed by atoms with Crippen molar-refractivity contribution in [3.8, 4) is 0 Å². The summed E-state index contributed by atoms with van der Waals surface area (Å²) in [6.45, 7) is 0. The fourth-order valence-electron chi connectivity index (χ4n) is 3.25. The predicted molar refractivity (Wildman–Crippen MR) is 108 cm³/mol. The molecule has 0 bridgehead atoms. The van der Waals surface area contributed by atoms with E-state index in [1.54, 1.807) is 0 Å². The molecule has 2 nitrogen and oxygen atoms in total. The summed E-state index contributed by atoms with van der Waals surface area (Å²) >= 11 is 0. The molecule has 0 N–H and O–H groups in total. The number of amides is 1. The Labute approximate surface area is 153 Å². The molecule has 4 aromatic rings. The fourth-order valence-corrected chi connectivity index (χ4v) is 3.25. The van der Waals surface area contributed by atoms with Gasteiger partial charge in [-0.25, -0.2) is 0 Å². The van der Waals surface area contributed by atoms with Crippen LogP contribution in [-0.4, -0.2) is 5.91 Å². The van der Waals surface area contributed by atoms with Crippen molar-refractivity contribution < 1.29 is 4.79 Å². The zero-order chi connectivity index (χ0) is 17.8. The molecule has 1 amide bonds. The van der Waals surface area contributed by atoms with Gasteiger partial charge in [-0.05, 0) is 29.1 Å². The van der Waals surface area contributed by atoms with Crippen molar-refractivity contribution in [3.63, 3.8) is 0 Å². The van der Waals surface area contributed by atoms with Crippen molar-refractivity contribution in [1.82, 2.24) is 0 Å². The second-order valence-corrected chi connectivity index (χ2v) is 6.23. The van der Waals surface area contributed by atoms with Crippen molar-refractivity contribution in [3.05, 3.63) is 109 Å². The topological polar surface area (TPSA) is 20.3 Å². The lowest BCUT2D eigenvalue weighted by molar-refractivity contribution is -0.117. The molecule has 0 aromatic heterocycles. The van der Waals surface area contributed by atoms with Gasteiger partial charge in [0.05, 0.1) is 12.1 Å². The number of rotatable bonds is 4. The average Bonchev–Trinajstić information content (AvgIpc) is 2.70. The molecule has 0 spiro atoms. The lowest BCUT2D eigenvalue weighted by Crippen LogP contribution is -2.27. The molecular weight excluding hydrogens is 318 g/mol. The van der Waals surface area contributed by atoms with Crippen LogP contribution in [-0.2, 0) is 11.2 Å². The van der Waals surface area contributed by atoms with E-state index in [0.29, 0.717) is 6.42 Å². The van der Waals surface area contributed by atoms with Crippen LogP contribution in [0.25, 0.3) is 10.8 Å². The van der Waals surface area contributed by atoms with E-state index in [2.05, 4.69) is 18.2 Å². The first-order chi connectivity index (χ1) is 12.8. The van der Waals surface area contributed by atoms with Crippen molar-refractivity contribution in [2.24, 2.45) is 0 Å². The first-order valence-electron chi connectivity index (χ1n) is 8.72. The highest BCUT2D eigenvalue weighted by Gasteiger charge is 2.20. The number of carbonyl (C=O) groups is 1. The Morgan fingerprint density at radius 3 is 2.04 bits per heavy atom. The molecule has 126 valence electrons. The van der Waals surface area contributed by atoms with Gasteiger partial charge in [-0.3, -0.25) is 9.69 Å². The highest BCUT2D eigenvalue weighted by atomic mass is 16.2. The summed E-state index contributed by atoms with van der Waals surface area (Å²) in [7, 11) is 0. The highest BCUT2D eigenvalue weighted by molar-refractivity contribution is 6.08. The van der Waals surface area contributed by atoms with E-state index in [1.165, 1.54) is 0 Å². The maximum atomic E-state index is 13.3. The van der Waals surface area contributed by atoms with Crippen LogP contribution >= 0.6 is 0 Å². The Bertz CT molecular complexity index is 1020. The maximum Gasteiger partial charge on any atom is 0.235 e. The largest absolute Gasteiger partial charge is 0.280 e. The standard InChI is InChI=1S/C24H19NO/c26-24(18-19-10-3-1-4-11-19)25(21-14-5-2-6-15-21)23-17-9-13-20-12-7-8-16-22(20)23/h1-17H,18H2. The molecule has 26 heavy (non-hydrogen) atoms. The van der Waals surface area contributed by atoms with Gasteiger partial charge in [0.1, 0.15) is 0 Å². The van der Waals surface area contributed by atoms with E-state index in [9.17, 15) is 4.79 Å². The summed E-state index contributed by atoms with van der Waals surface area (Å²) in [4.78, 5) is 15.1. The van der Waals surface area contributed by atoms with Gasteiger partial charge < -0.3 is 0 Å². The molecule has 0 aliphatic rings. The van der Waals surface area contributed by atoms with Gasteiger partial charge in [0.15, 0.2) is 0 Å². The van der Waals surface area contributed by atoms with Gasteiger partial charge in [-0.2, -0.15) is 0 Å². The third kappa shape index (κ3) is 3.22. The van der Waals surface area contributed by atoms with Crippen LogP contribution in [0, 0.1) is 0 Å². The monoisotopic (exact) mass is 337 g/mol. The third-order valence-corrected chi connectivity index (χ3v) is 4.47. The van der Waals surface area contributed by atoms with Crippen LogP contribution in [0.3, 0.4) is 0 Å². The normalized spacial score (nSPS) is 10.6. The van der Waals surface area contributed by atoms with Gasteiger partial charge in [-0.15, -0.1) is 0 Å². The summed E-state index contributed by atoms with van der Waals surface area (Å²) in [6.07, 6.45) is 0.360. The van der Waals surface area contributed by atoms with Crippen molar-refractivity contribution >= 4 is 28.1 Å². The molecule has 4 rings (SSSR count). The van der Waals surface area contributed by atoms with E-state index >= 15 is 0 Å². The Morgan fingerprint density at radius 1 is 0.654 bits per heavy atom. The summed E-state index contributed by atoms with van der Waals surface area (Å²) in [5, 5.41) is 2.19. The van der Waals surface area contributed by atoms with Gasteiger partial charge >= 0.3 is 0 Å². The molecular formula is C24H19NO. The quantitative estimate of drug-likeness (QED) is 0.464. The number of anilines is 2. The van der Waals surface area contributed by atoms with Crippen LogP contribution < -0.4 is 4.90 Å². The number of para-hydroxylation sites is 1. The SMILES string of the molecule is O=C(Cc1ccccc1)N(c1ccccc1)c1cccc2ccccc12. The lowest BCUT2D eigenvalue weighted by Gasteiger charge is -2.24. The molecule has 4 aromatic carbocycles. The van der Waals surface area contributed by atoms with E-state index < -0.39 is 0 Å². The maximum absolute atomic E-state index is 13.3. The molecule has 0 heterocycles. The molecule has 0 unspecified atom stereocenters. The molecule has 0 saturated carbocycles. The van der Waals surface area contributed by atoms with E-state index in [-0.39, 0.29) is 5.91 Å². The second-order valence-electron chi connectivity index (χ2n) is 6.23. The third-order valence-electron chi connectivity index (χ3n) is 4.47. The Morgan fingerprint density at radius 2 is 1.27 bits per heavy atom. The number of hydrogen-bond donors (Lipinski definition) is 0. The van der Waals surface area contributed by atoms with Crippen molar-refractivity contribution in [2.45, 2.75) is 6.42 Å². The summed E-state index contributed by atoms with van der Waals surface area (Å²) in [5.74, 6) is 0.0544. The number of nitrogens with zero attached hydrogens (tertiary/aromatic N) is 1. The molecule has 0 fully saturated rings. The van der Waals surface area contributed by atoms with Crippen LogP contribution in [0.15, 0.2) is 103 Å². The zero-order valence-corrected chi connectivity index (χ0v) is 14.4. The predicted octanol–water partition coefficient (Wildman–Crippen LogP) is 5.75. The van der Waals surface area contributed by atoms with Crippen molar-refractivity contribution in [1.29, 1.82) is 0 Å². The first-order valence-corrected chi connectivity index (χ1v) is 8.72. The second kappa shape index (κ2) is 7.24. The van der Waals surface area contributed by atoms with Gasteiger partial charge in [0, 0.05) is 11.1 Å². The number of fused-ring (bicyclic) bond motifs is 1. The number of benzene rings is 4. The Kier molecular flexibility index (Phi) is 4.48. The summed E-state index contributed by atoms with van der Waals surface area (Å²) < 4.78 is 0. The first kappa shape index (κ1) is 16.1. The molecule has 0 aliphatic heterocycles. The Hall–Kier alpha value is -3.39. The summed E-state index contributed by atoms with van der Waals surface area (Å²) in [6, 6.07) is 34.0. The van der Waals surface area contributed by atoms with Crippen LogP contribution in [0.2, 0.25) is 0 Å². The molecule has 2 heteroatoms. The van der Waals surface area contributed by atoms with Crippen LogP contribution in [0.5, 0.6) is 0 Å². The minimum absolute atomic E-state index is 0.0544. The number of carbonyl (C=O) groups excluding carboxylic acids is 1. The highest BCUT2D eigenvalue weighted by Crippen LogP contribution is 2.32.